The lowest BCUT2D eigenvalue weighted by molar-refractivity contribution is -0.125. The van der Waals surface area contributed by atoms with E-state index in [1.54, 1.807) is 49.2 Å². The zero-order chi connectivity index (χ0) is 16.4. The van der Waals surface area contributed by atoms with Crippen LogP contribution in [0.5, 0.6) is 5.75 Å². The third kappa shape index (κ3) is 3.11. The van der Waals surface area contributed by atoms with E-state index in [1.807, 2.05) is 18.2 Å². The van der Waals surface area contributed by atoms with Gasteiger partial charge in [0.2, 0.25) is 0 Å². The zero-order valence-corrected chi connectivity index (χ0v) is 12.9. The molecular weight excluding hydrogens is 294 g/mol. The number of nitrogens with one attached hydrogen (secondary N) is 2. The second-order valence-corrected chi connectivity index (χ2v) is 5.28. The van der Waals surface area contributed by atoms with Gasteiger partial charge in [-0.1, -0.05) is 18.2 Å². The van der Waals surface area contributed by atoms with E-state index >= 15 is 0 Å². The molecule has 6 nitrogen and oxygen atoms in total. The molecule has 0 fully saturated rings. The Labute approximate surface area is 134 Å². The number of para-hydroxylation sites is 1. The van der Waals surface area contributed by atoms with Crippen LogP contribution in [-0.2, 0) is 4.79 Å². The van der Waals surface area contributed by atoms with Crippen LogP contribution in [0, 0.1) is 0 Å². The minimum atomic E-state index is -0.541. The molecule has 2 N–H and O–H groups in total. The molecule has 118 valence electrons. The molecule has 0 saturated carbocycles. The predicted octanol–water partition coefficient (Wildman–Crippen LogP) is 3.07. The molecule has 3 rings (SSSR count). The standard InChI is InChI=1S/C17H17N3O3/c1-11-16(21)20(2)14-9-8-13(10-15(14)23-11)19-17(22)18-12-6-4-3-5-7-12/h3-11H,1-2H3,(H2,18,19,22). The first-order valence-corrected chi connectivity index (χ1v) is 7.26. The number of carbonyl (C=O) groups excluding carboxylic acids is 2. The fraction of sp³-hybridized carbons (Fsp3) is 0.176. The number of fused-ring (bicyclic) bond motifs is 1. The molecule has 6 heteroatoms. The number of amides is 3. The maximum atomic E-state index is 12.0. The lowest BCUT2D eigenvalue weighted by Gasteiger charge is -2.30. The van der Waals surface area contributed by atoms with Gasteiger partial charge in [0.1, 0.15) is 5.75 Å². The normalized spacial score (nSPS) is 16.3. The monoisotopic (exact) mass is 311 g/mol. The maximum absolute atomic E-state index is 12.0. The first kappa shape index (κ1) is 14.9. The van der Waals surface area contributed by atoms with Gasteiger partial charge in [0.15, 0.2) is 6.10 Å². The van der Waals surface area contributed by atoms with Crippen LogP contribution in [0.1, 0.15) is 6.92 Å². The van der Waals surface area contributed by atoms with Crippen molar-refractivity contribution >= 4 is 29.0 Å². The summed E-state index contributed by atoms with van der Waals surface area (Å²) in [5.41, 5.74) is 1.98. The summed E-state index contributed by atoms with van der Waals surface area (Å²) in [4.78, 5) is 25.4. The van der Waals surface area contributed by atoms with Crippen LogP contribution in [0.25, 0.3) is 0 Å². The molecule has 0 saturated heterocycles. The van der Waals surface area contributed by atoms with E-state index in [0.717, 1.165) is 0 Å². The van der Waals surface area contributed by atoms with Gasteiger partial charge in [0.25, 0.3) is 5.91 Å². The molecular formula is C17H17N3O3. The molecule has 23 heavy (non-hydrogen) atoms. The van der Waals surface area contributed by atoms with E-state index < -0.39 is 6.10 Å². The number of anilines is 3. The van der Waals surface area contributed by atoms with Gasteiger partial charge in [-0.3, -0.25) is 4.79 Å². The number of ether oxygens (including phenoxy) is 1. The summed E-state index contributed by atoms with van der Waals surface area (Å²) in [7, 11) is 1.70. The van der Waals surface area contributed by atoms with Crippen LogP contribution in [0.2, 0.25) is 0 Å². The topological polar surface area (TPSA) is 70.7 Å². The number of rotatable bonds is 2. The number of hydrogen-bond donors (Lipinski definition) is 2. The number of nitrogens with zero attached hydrogens (tertiary/aromatic N) is 1. The molecule has 3 amide bonds. The van der Waals surface area contributed by atoms with E-state index in [1.165, 1.54) is 0 Å². The fourth-order valence-electron chi connectivity index (χ4n) is 2.41. The van der Waals surface area contributed by atoms with Crippen LogP contribution in [0.3, 0.4) is 0 Å². The largest absolute Gasteiger partial charge is 0.479 e. The third-order valence-electron chi connectivity index (χ3n) is 3.59. The van der Waals surface area contributed by atoms with Crippen LogP contribution < -0.4 is 20.3 Å². The summed E-state index contributed by atoms with van der Waals surface area (Å²) in [6.45, 7) is 1.70. The maximum Gasteiger partial charge on any atom is 0.323 e. The van der Waals surface area contributed by atoms with Crippen LogP contribution in [-0.4, -0.2) is 25.1 Å². The first-order chi connectivity index (χ1) is 11.0. The molecule has 0 spiro atoms. The van der Waals surface area contributed by atoms with Crippen LogP contribution >= 0.6 is 0 Å². The summed E-state index contributed by atoms with van der Waals surface area (Å²) in [5, 5.41) is 5.49. The number of carbonyl (C=O) groups is 2. The van der Waals surface area contributed by atoms with Crippen LogP contribution in [0.15, 0.2) is 48.5 Å². The van der Waals surface area contributed by atoms with Crippen molar-refractivity contribution in [3.05, 3.63) is 48.5 Å². The van der Waals surface area contributed by atoms with Crippen molar-refractivity contribution in [2.75, 3.05) is 22.6 Å². The van der Waals surface area contributed by atoms with Gasteiger partial charge in [-0.25, -0.2) is 4.79 Å². The smallest absolute Gasteiger partial charge is 0.323 e. The highest BCUT2D eigenvalue weighted by Gasteiger charge is 2.28. The number of urea groups is 1. The molecule has 1 aliphatic heterocycles. The molecule has 0 aliphatic carbocycles. The van der Waals surface area contributed by atoms with Gasteiger partial charge in [0.05, 0.1) is 5.69 Å². The number of likely N-dealkylation sites (N-methyl/N-ethyl adjacent to an activating group) is 1. The highest BCUT2D eigenvalue weighted by atomic mass is 16.5. The Hall–Kier alpha value is -3.02. The Balaban J connectivity index is 1.74. The SMILES string of the molecule is CC1Oc2cc(NC(=O)Nc3ccccc3)ccc2N(C)C1=O. The quantitative estimate of drug-likeness (QED) is 0.895. The molecule has 1 aliphatic rings. The minimum absolute atomic E-state index is 0.0972. The van der Waals surface area contributed by atoms with Crippen molar-refractivity contribution in [1.29, 1.82) is 0 Å². The molecule has 0 radical (unpaired) electrons. The van der Waals surface area contributed by atoms with Crippen molar-refractivity contribution in [3.63, 3.8) is 0 Å². The Bertz CT molecular complexity index is 746. The van der Waals surface area contributed by atoms with Gasteiger partial charge in [-0.15, -0.1) is 0 Å². The van der Waals surface area contributed by atoms with E-state index in [4.69, 9.17) is 4.74 Å². The van der Waals surface area contributed by atoms with Crippen molar-refractivity contribution in [1.82, 2.24) is 0 Å². The van der Waals surface area contributed by atoms with Crippen molar-refractivity contribution < 1.29 is 14.3 Å². The van der Waals surface area contributed by atoms with Crippen molar-refractivity contribution in [3.8, 4) is 5.75 Å². The van der Waals surface area contributed by atoms with Gasteiger partial charge in [-0.2, -0.15) is 0 Å². The fourth-order valence-corrected chi connectivity index (χ4v) is 2.41. The first-order valence-electron chi connectivity index (χ1n) is 7.26. The minimum Gasteiger partial charge on any atom is -0.479 e. The number of hydrogen-bond acceptors (Lipinski definition) is 3. The summed E-state index contributed by atoms with van der Waals surface area (Å²) in [5.74, 6) is 0.470. The second-order valence-electron chi connectivity index (χ2n) is 5.28. The molecule has 1 atom stereocenters. The highest BCUT2D eigenvalue weighted by Crippen LogP contribution is 2.35. The van der Waals surface area contributed by atoms with Gasteiger partial charge >= 0.3 is 6.03 Å². The summed E-state index contributed by atoms with van der Waals surface area (Å²) < 4.78 is 5.59. The van der Waals surface area contributed by atoms with E-state index in [2.05, 4.69) is 10.6 Å². The second kappa shape index (κ2) is 6.00. The molecule has 1 unspecified atom stereocenters. The molecule has 0 bridgehead atoms. The molecule has 1 heterocycles. The Morgan fingerprint density at radius 1 is 1.09 bits per heavy atom. The van der Waals surface area contributed by atoms with E-state index in [0.29, 0.717) is 22.8 Å². The lowest BCUT2D eigenvalue weighted by Crippen LogP contribution is -2.41. The van der Waals surface area contributed by atoms with Crippen LogP contribution in [0.4, 0.5) is 21.9 Å². The Morgan fingerprint density at radius 3 is 2.52 bits per heavy atom. The summed E-state index contributed by atoms with van der Waals surface area (Å²) in [6, 6.07) is 14.0. The third-order valence-corrected chi connectivity index (χ3v) is 3.59. The van der Waals surface area contributed by atoms with Gasteiger partial charge < -0.3 is 20.3 Å². The Kier molecular flexibility index (Phi) is 3.89. The summed E-state index contributed by atoms with van der Waals surface area (Å²) in [6.07, 6.45) is -0.541. The average Bonchev–Trinajstić information content (AvgIpc) is 2.53. The molecule has 0 aromatic heterocycles. The molecule has 2 aromatic carbocycles. The zero-order valence-electron chi connectivity index (χ0n) is 12.9. The predicted molar refractivity (Wildman–Crippen MR) is 89.0 cm³/mol. The highest BCUT2D eigenvalue weighted by molar-refractivity contribution is 6.02. The van der Waals surface area contributed by atoms with Crippen molar-refractivity contribution in [2.24, 2.45) is 0 Å². The lowest BCUT2D eigenvalue weighted by atomic mass is 10.2. The molecule has 2 aromatic rings. The number of benzene rings is 2. The average molecular weight is 311 g/mol. The summed E-state index contributed by atoms with van der Waals surface area (Å²) >= 11 is 0. The van der Waals surface area contributed by atoms with Crippen molar-refractivity contribution in [2.45, 2.75) is 13.0 Å². The van der Waals surface area contributed by atoms with Gasteiger partial charge in [-0.05, 0) is 31.2 Å². The van der Waals surface area contributed by atoms with Gasteiger partial charge in [0, 0.05) is 24.5 Å². The van der Waals surface area contributed by atoms with E-state index in [-0.39, 0.29) is 11.9 Å². The van der Waals surface area contributed by atoms with E-state index in [9.17, 15) is 9.59 Å². The Morgan fingerprint density at radius 2 is 1.78 bits per heavy atom.